The Morgan fingerprint density at radius 2 is 2.19 bits per heavy atom. The summed E-state index contributed by atoms with van der Waals surface area (Å²) in [6.07, 6.45) is 4.41. The van der Waals surface area contributed by atoms with Gasteiger partial charge in [0.25, 0.3) is 0 Å². The van der Waals surface area contributed by atoms with Crippen LogP contribution in [0.3, 0.4) is 0 Å². The zero-order chi connectivity index (χ0) is 15.4. The minimum atomic E-state index is -0.976. The predicted octanol–water partition coefficient (Wildman–Crippen LogP) is 2.25. The van der Waals surface area contributed by atoms with Crippen molar-refractivity contribution in [1.82, 2.24) is 0 Å². The SMILES string of the molecule is NC(=O)C1CCCN(c2ccc(/C=C/C(=O)O)cc2Br)C1. The summed E-state index contributed by atoms with van der Waals surface area (Å²) in [5.74, 6) is -1.34. The molecular weight excluding hydrogens is 336 g/mol. The third kappa shape index (κ3) is 4.07. The van der Waals surface area contributed by atoms with E-state index in [1.54, 1.807) is 6.08 Å². The Morgan fingerprint density at radius 3 is 2.81 bits per heavy atom. The zero-order valence-electron chi connectivity index (χ0n) is 11.5. The van der Waals surface area contributed by atoms with E-state index in [1.165, 1.54) is 0 Å². The van der Waals surface area contributed by atoms with Gasteiger partial charge in [-0.3, -0.25) is 4.79 Å². The van der Waals surface area contributed by atoms with E-state index in [9.17, 15) is 9.59 Å². The normalized spacial score (nSPS) is 18.9. The van der Waals surface area contributed by atoms with Gasteiger partial charge in [-0.05, 0) is 52.5 Å². The van der Waals surface area contributed by atoms with Crippen molar-refractivity contribution in [1.29, 1.82) is 0 Å². The lowest BCUT2D eigenvalue weighted by molar-refractivity contribution is -0.131. The first-order chi connectivity index (χ1) is 9.97. The van der Waals surface area contributed by atoms with Gasteiger partial charge in [0.15, 0.2) is 0 Å². The minimum absolute atomic E-state index is 0.114. The first-order valence-corrected chi connectivity index (χ1v) is 7.51. The Kier molecular flexibility index (Phi) is 5.01. The van der Waals surface area contributed by atoms with E-state index in [2.05, 4.69) is 20.8 Å². The number of nitrogens with two attached hydrogens (primary N) is 1. The summed E-state index contributed by atoms with van der Waals surface area (Å²) in [7, 11) is 0. The highest BCUT2D eigenvalue weighted by atomic mass is 79.9. The van der Waals surface area contributed by atoms with Crippen LogP contribution in [0.4, 0.5) is 5.69 Å². The molecule has 1 aromatic rings. The Balaban J connectivity index is 2.17. The Morgan fingerprint density at radius 1 is 1.43 bits per heavy atom. The number of piperidine rings is 1. The monoisotopic (exact) mass is 352 g/mol. The molecule has 6 heteroatoms. The van der Waals surface area contributed by atoms with Crippen LogP contribution in [0.15, 0.2) is 28.7 Å². The number of carbonyl (C=O) groups is 2. The maximum absolute atomic E-state index is 11.3. The molecule has 2 rings (SSSR count). The fourth-order valence-corrected chi connectivity index (χ4v) is 3.13. The van der Waals surface area contributed by atoms with Crippen LogP contribution in [-0.2, 0) is 9.59 Å². The number of hydrogen-bond donors (Lipinski definition) is 2. The number of carboxylic acids is 1. The Labute approximate surface area is 131 Å². The fraction of sp³-hybridized carbons (Fsp3) is 0.333. The van der Waals surface area contributed by atoms with Crippen LogP contribution in [-0.4, -0.2) is 30.1 Å². The maximum Gasteiger partial charge on any atom is 0.328 e. The largest absolute Gasteiger partial charge is 0.478 e. The number of anilines is 1. The molecule has 21 heavy (non-hydrogen) atoms. The molecule has 1 amide bonds. The van der Waals surface area contributed by atoms with E-state index in [-0.39, 0.29) is 11.8 Å². The molecule has 0 radical (unpaired) electrons. The highest BCUT2D eigenvalue weighted by Crippen LogP contribution is 2.31. The molecule has 0 saturated carbocycles. The number of halogens is 1. The van der Waals surface area contributed by atoms with Gasteiger partial charge in [-0.15, -0.1) is 0 Å². The van der Waals surface area contributed by atoms with Crippen LogP contribution in [0.5, 0.6) is 0 Å². The molecule has 1 unspecified atom stereocenters. The van der Waals surface area contributed by atoms with E-state index in [1.807, 2.05) is 18.2 Å². The number of nitrogens with zero attached hydrogens (tertiary/aromatic N) is 1. The second kappa shape index (κ2) is 6.76. The van der Waals surface area contributed by atoms with Crippen molar-refractivity contribution in [3.05, 3.63) is 34.3 Å². The van der Waals surface area contributed by atoms with Crippen molar-refractivity contribution in [3.63, 3.8) is 0 Å². The summed E-state index contributed by atoms with van der Waals surface area (Å²) in [4.78, 5) is 24.0. The molecule has 1 heterocycles. The molecule has 5 nitrogen and oxygen atoms in total. The van der Waals surface area contributed by atoms with Crippen molar-refractivity contribution in [3.8, 4) is 0 Å². The number of amides is 1. The molecule has 1 aromatic carbocycles. The molecule has 1 fully saturated rings. The second-order valence-corrected chi connectivity index (χ2v) is 5.92. The van der Waals surface area contributed by atoms with E-state index in [4.69, 9.17) is 10.8 Å². The van der Waals surface area contributed by atoms with Crippen molar-refractivity contribution in [2.75, 3.05) is 18.0 Å². The summed E-state index contributed by atoms with van der Waals surface area (Å²) in [5.41, 5.74) is 7.19. The summed E-state index contributed by atoms with van der Waals surface area (Å²) in [5, 5.41) is 8.63. The van der Waals surface area contributed by atoms with Gasteiger partial charge in [0, 0.05) is 23.6 Å². The van der Waals surface area contributed by atoms with Crippen LogP contribution in [0.1, 0.15) is 18.4 Å². The van der Waals surface area contributed by atoms with E-state index in [0.717, 1.165) is 41.2 Å². The van der Waals surface area contributed by atoms with Gasteiger partial charge in [0.1, 0.15) is 0 Å². The second-order valence-electron chi connectivity index (χ2n) is 5.07. The number of carbonyl (C=O) groups excluding carboxylic acids is 1. The van der Waals surface area contributed by atoms with Crippen LogP contribution in [0.25, 0.3) is 6.08 Å². The van der Waals surface area contributed by atoms with Crippen LogP contribution < -0.4 is 10.6 Å². The number of rotatable bonds is 4. The van der Waals surface area contributed by atoms with Crippen molar-refractivity contribution < 1.29 is 14.7 Å². The number of carboxylic acid groups (broad SMARTS) is 1. The van der Waals surface area contributed by atoms with Gasteiger partial charge in [-0.1, -0.05) is 6.07 Å². The standard InChI is InChI=1S/C15H17BrN2O3/c16-12-8-10(4-6-14(19)20)3-5-13(12)18-7-1-2-11(9-18)15(17)21/h3-6,8,11H,1-2,7,9H2,(H2,17,21)(H,19,20)/b6-4+. The third-order valence-corrected chi connectivity index (χ3v) is 4.19. The lowest BCUT2D eigenvalue weighted by Gasteiger charge is -2.33. The first kappa shape index (κ1) is 15.6. The number of aliphatic carboxylic acids is 1. The summed E-state index contributed by atoms with van der Waals surface area (Å²) in [6, 6.07) is 5.64. The van der Waals surface area contributed by atoms with E-state index in [0.29, 0.717) is 6.54 Å². The molecule has 0 bridgehead atoms. The number of hydrogen-bond acceptors (Lipinski definition) is 3. The average molecular weight is 353 g/mol. The molecule has 0 spiro atoms. The highest BCUT2D eigenvalue weighted by molar-refractivity contribution is 9.10. The molecule has 112 valence electrons. The quantitative estimate of drug-likeness (QED) is 0.814. The third-order valence-electron chi connectivity index (χ3n) is 3.55. The maximum atomic E-state index is 11.3. The van der Waals surface area contributed by atoms with E-state index < -0.39 is 5.97 Å². The van der Waals surface area contributed by atoms with Crippen LogP contribution in [0.2, 0.25) is 0 Å². The number of primary amides is 1. The first-order valence-electron chi connectivity index (χ1n) is 6.72. The van der Waals surface area contributed by atoms with Crippen LogP contribution in [0, 0.1) is 5.92 Å². The van der Waals surface area contributed by atoms with E-state index >= 15 is 0 Å². The molecule has 1 atom stereocenters. The summed E-state index contributed by atoms with van der Waals surface area (Å²) in [6.45, 7) is 1.50. The highest BCUT2D eigenvalue weighted by Gasteiger charge is 2.25. The molecule has 1 saturated heterocycles. The topological polar surface area (TPSA) is 83.6 Å². The summed E-state index contributed by atoms with van der Waals surface area (Å²) >= 11 is 3.51. The lowest BCUT2D eigenvalue weighted by Crippen LogP contribution is -2.41. The lowest BCUT2D eigenvalue weighted by atomic mass is 9.97. The molecule has 0 aliphatic carbocycles. The van der Waals surface area contributed by atoms with Crippen molar-refractivity contribution >= 4 is 39.6 Å². The molecule has 3 N–H and O–H groups in total. The average Bonchev–Trinajstić information content (AvgIpc) is 2.45. The fourth-order valence-electron chi connectivity index (χ4n) is 2.48. The molecule has 0 aromatic heterocycles. The van der Waals surface area contributed by atoms with Gasteiger partial charge in [-0.2, -0.15) is 0 Å². The number of benzene rings is 1. The van der Waals surface area contributed by atoms with Crippen LogP contribution >= 0.6 is 15.9 Å². The smallest absolute Gasteiger partial charge is 0.328 e. The minimum Gasteiger partial charge on any atom is -0.478 e. The molecule has 1 aliphatic heterocycles. The van der Waals surface area contributed by atoms with Crippen molar-refractivity contribution in [2.24, 2.45) is 11.7 Å². The molecular formula is C15H17BrN2O3. The van der Waals surface area contributed by atoms with Gasteiger partial charge >= 0.3 is 5.97 Å². The van der Waals surface area contributed by atoms with Crippen molar-refractivity contribution in [2.45, 2.75) is 12.8 Å². The Hall–Kier alpha value is -1.82. The molecule has 1 aliphatic rings. The Bertz CT molecular complexity index is 586. The predicted molar refractivity (Wildman–Crippen MR) is 84.9 cm³/mol. The van der Waals surface area contributed by atoms with Gasteiger partial charge in [0.2, 0.25) is 5.91 Å². The van der Waals surface area contributed by atoms with Gasteiger partial charge < -0.3 is 15.7 Å². The van der Waals surface area contributed by atoms with Gasteiger partial charge in [-0.25, -0.2) is 4.79 Å². The van der Waals surface area contributed by atoms with Gasteiger partial charge in [0.05, 0.1) is 11.6 Å². The zero-order valence-corrected chi connectivity index (χ0v) is 13.0. The summed E-state index contributed by atoms with van der Waals surface area (Å²) < 4.78 is 0.875.